The van der Waals surface area contributed by atoms with Gasteiger partial charge in [0.25, 0.3) is 0 Å². The molecule has 3 aliphatic rings. The number of rotatable bonds is 4. The zero-order chi connectivity index (χ0) is 23.2. The molecule has 1 saturated carbocycles. The third-order valence-corrected chi connectivity index (χ3v) is 8.26. The van der Waals surface area contributed by atoms with Crippen LogP contribution in [0.2, 0.25) is 0 Å². The monoisotopic (exact) mass is 463 g/mol. The van der Waals surface area contributed by atoms with Gasteiger partial charge in [0.05, 0.1) is 23.6 Å². The van der Waals surface area contributed by atoms with Gasteiger partial charge in [0.2, 0.25) is 0 Å². The molecular weight excluding hydrogens is 430 g/mol. The molecule has 1 saturated heterocycles. The molecule has 2 aromatic heterocycles. The van der Waals surface area contributed by atoms with Crippen LogP contribution >= 0.6 is 0 Å². The molecule has 1 aliphatic heterocycles. The Morgan fingerprint density at radius 3 is 2.54 bits per heavy atom. The topological polar surface area (TPSA) is 69.4 Å². The van der Waals surface area contributed by atoms with Gasteiger partial charge in [-0.25, -0.2) is 9.97 Å². The standard InChI is InChI=1S/C30H33N5/c1-2-7-19(6-1)29-32-18-27(34-29)23-10-3-8-20(17-23)21-13-14-24-22(16-21)9-4-11-25-28(24)35-30(33-25)26-12-5-15-31-26/h3,8,10,13-14,16-19,26,31H,1-2,4-7,9,11-12,15H2,(H,32,34)(H,33,35)/t26-/m0/s1. The number of benzene rings is 2. The summed E-state index contributed by atoms with van der Waals surface area (Å²) in [6, 6.07) is 16.2. The summed E-state index contributed by atoms with van der Waals surface area (Å²) in [5.74, 6) is 2.89. The number of H-pyrrole nitrogens is 2. The van der Waals surface area contributed by atoms with Crippen LogP contribution in [0.3, 0.4) is 0 Å². The van der Waals surface area contributed by atoms with E-state index in [0.29, 0.717) is 12.0 Å². The van der Waals surface area contributed by atoms with Crippen LogP contribution in [0.15, 0.2) is 48.7 Å². The normalized spacial score (nSPS) is 20.1. The molecule has 178 valence electrons. The molecule has 0 spiro atoms. The highest BCUT2D eigenvalue weighted by Gasteiger charge is 2.25. The van der Waals surface area contributed by atoms with Crippen LogP contribution < -0.4 is 5.32 Å². The fourth-order valence-corrected chi connectivity index (χ4v) is 6.34. The Bertz CT molecular complexity index is 1350. The maximum atomic E-state index is 5.10. The first-order valence-electron chi connectivity index (χ1n) is 13.4. The first-order valence-corrected chi connectivity index (χ1v) is 13.4. The van der Waals surface area contributed by atoms with Crippen molar-refractivity contribution >= 4 is 0 Å². The van der Waals surface area contributed by atoms with Gasteiger partial charge >= 0.3 is 0 Å². The van der Waals surface area contributed by atoms with Crippen molar-refractivity contribution in [2.24, 2.45) is 0 Å². The summed E-state index contributed by atoms with van der Waals surface area (Å²) >= 11 is 0. The first-order chi connectivity index (χ1) is 17.3. The predicted octanol–water partition coefficient (Wildman–Crippen LogP) is 6.70. The highest BCUT2D eigenvalue weighted by molar-refractivity contribution is 5.76. The van der Waals surface area contributed by atoms with E-state index in [1.54, 1.807) is 0 Å². The third-order valence-electron chi connectivity index (χ3n) is 8.26. The van der Waals surface area contributed by atoms with Crippen molar-refractivity contribution in [3.05, 3.63) is 71.6 Å². The van der Waals surface area contributed by atoms with Crippen LogP contribution in [-0.2, 0) is 12.8 Å². The highest BCUT2D eigenvalue weighted by atomic mass is 15.0. The lowest BCUT2D eigenvalue weighted by molar-refractivity contribution is 0.610. The molecule has 2 aromatic carbocycles. The number of nitrogens with one attached hydrogen (secondary N) is 3. The Morgan fingerprint density at radius 1 is 0.771 bits per heavy atom. The van der Waals surface area contributed by atoms with E-state index >= 15 is 0 Å². The Hall–Kier alpha value is -3.18. The van der Waals surface area contributed by atoms with Gasteiger partial charge in [-0.1, -0.05) is 49.2 Å². The number of imidazole rings is 2. The number of hydrogen-bond donors (Lipinski definition) is 3. The summed E-state index contributed by atoms with van der Waals surface area (Å²) in [6.45, 7) is 1.09. The Labute approximate surface area is 206 Å². The highest BCUT2D eigenvalue weighted by Crippen LogP contribution is 2.37. The molecule has 1 atom stereocenters. The van der Waals surface area contributed by atoms with Gasteiger partial charge in [-0.2, -0.15) is 0 Å². The van der Waals surface area contributed by atoms with E-state index in [-0.39, 0.29) is 0 Å². The van der Waals surface area contributed by atoms with E-state index in [2.05, 4.69) is 57.7 Å². The molecule has 35 heavy (non-hydrogen) atoms. The molecule has 5 heteroatoms. The number of aromatic nitrogens is 4. The number of aromatic amines is 2. The molecule has 0 unspecified atom stereocenters. The summed E-state index contributed by atoms with van der Waals surface area (Å²) < 4.78 is 0. The van der Waals surface area contributed by atoms with E-state index in [0.717, 1.165) is 43.1 Å². The molecule has 2 aliphatic carbocycles. The lowest BCUT2D eigenvalue weighted by Gasteiger charge is -2.11. The van der Waals surface area contributed by atoms with Crippen molar-refractivity contribution in [2.75, 3.05) is 6.54 Å². The largest absolute Gasteiger partial charge is 0.344 e. The molecule has 3 heterocycles. The molecule has 5 nitrogen and oxygen atoms in total. The summed E-state index contributed by atoms with van der Waals surface area (Å²) in [7, 11) is 0. The zero-order valence-corrected chi connectivity index (χ0v) is 20.2. The summed E-state index contributed by atoms with van der Waals surface area (Å²) in [5, 5.41) is 3.59. The number of aryl methyl sites for hydroxylation is 2. The van der Waals surface area contributed by atoms with Gasteiger partial charge in [0.1, 0.15) is 11.6 Å². The third kappa shape index (κ3) is 3.92. The first kappa shape index (κ1) is 21.1. The smallest absolute Gasteiger partial charge is 0.124 e. The molecular formula is C30H33N5. The lowest BCUT2D eigenvalue weighted by atomic mass is 9.95. The number of fused-ring (bicyclic) bond motifs is 3. The van der Waals surface area contributed by atoms with Gasteiger partial charge in [-0.15, -0.1) is 0 Å². The van der Waals surface area contributed by atoms with Gasteiger partial charge in [0.15, 0.2) is 0 Å². The van der Waals surface area contributed by atoms with Crippen molar-refractivity contribution in [1.29, 1.82) is 0 Å². The fourth-order valence-electron chi connectivity index (χ4n) is 6.34. The maximum Gasteiger partial charge on any atom is 0.124 e. The summed E-state index contributed by atoms with van der Waals surface area (Å²) in [4.78, 5) is 17.1. The minimum atomic E-state index is 0.379. The quantitative estimate of drug-likeness (QED) is 0.315. The molecule has 2 fully saturated rings. The summed E-state index contributed by atoms with van der Waals surface area (Å²) in [5.41, 5.74) is 10.0. The zero-order valence-electron chi connectivity index (χ0n) is 20.2. The van der Waals surface area contributed by atoms with Crippen LogP contribution in [-0.4, -0.2) is 26.5 Å². The number of nitrogens with zero attached hydrogens (tertiary/aromatic N) is 2. The van der Waals surface area contributed by atoms with E-state index < -0.39 is 0 Å². The van der Waals surface area contributed by atoms with Crippen molar-refractivity contribution in [2.45, 2.75) is 69.7 Å². The molecule has 0 amide bonds. The lowest BCUT2D eigenvalue weighted by Crippen LogP contribution is -2.14. The van der Waals surface area contributed by atoms with Crippen LogP contribution in [0, 0.1) is 0 Å². The van der Waals surface area contributed by atoms with Crippen molar-refractivity contribution in [3.63, 3.8) is 0 Å². The van der Waals surface area contributed by atoms with E-state index in [4.69, 9.17) is 9.97 Å². The van der Waals surface area contributed by atoms with Crippen LogP contribution in [0.25, 0.3) is 33.6 Å². The van der Waals surface area contributed by atoms with Crippen LogP contribution in [0.5, 0.6) is 0 Å². The van der Waals surface area contributed by atoms with Crippen molar-refractivity contribution in [3.8, 4) is 33.6 Å². The second kappa shape index (κ2) is 8.80. The van der Waals surface area contributed by atoms with E-state index in [9.17, 15) is 0 Å². The Morgan fingerprint density at radius 2 is 1.66 bits per heavy atom. The maximum absolute atomic E-state index is 5.10. The molecule has 3 N–H and O–H groups in total. The second-order valence-corrected chi connectivity index (χ2v) is 10.6. The van der Waals surface area contributed by atoms with Crippen LogP contribution in [0.4, 0.5) is 0 Å². The Kier molecular flexibility index (Phi) is 5.31. The molecule has 0 bridgehead atoms. The summed E-state index contributed by atoms with van der Waals surface area (Å²) in [6.07, 6.45) is 12.9. The average Bonchev–Trinajstić information content (AvgIpc) is 3.70. The average molecular weight is 464 g/mol. The predicted molar refractivity (Wildman–Crippen MR) is 140 cm³/mol. The Balaban J connectivity index is 1.20. The SMILES string of the molecule is c1cc(-c2ccc3c(c2)CCCc2[nH]c([C@@H]4CCCN4)nc2-3)cc(-c2cnc(C3CCCC3)[nH]2)c1. The van der Waals surface area contributed by atoms with Crippen LogP contribution in [0.1, 0.15) is 79.8 Å². The van der Waals surface area contributed by atoms with Gasteiger partial charge in [-0.05, 0) is 74.2 Å². The molecule has 4 aromatic rings. The molecule has 0 radical (unpaired) electrons. The van der Waals surface area contributed by atoms with E-state index in [1.165, 1.54) is 77.7 Å². The van der Waals surface area contributed by atoms with E-state index in [1.807, 2.05) is 6.20 Å². The second-order valence-electron chi connectivity index (χ2n) is 10.6. The minimum Gasteiger partial charge on any atom is -0.344 e. The van der Waals surface area contributed by atoms with Crippen molar-refractivity contribution < 1.29 is 0 Å². The fraction of sp³-hybridized carbons (Fsp3) is 0.400. The van der Waals surface area contributed by atoms with Gasteiger partial charge in [0, 0.05) is 22.7 Å². The van der Waals surface area contributed by atoms with Gasteiger partial charge < -0.3 is 15.3 Å². The minimum absolute atomic E-state index is 0.379. The van der Waals surface area contributed by atoms with Gasteiger partial charge in [-0.3, -0.25) is 0 Å². The molecule has 7 rings (SSSR count). The number of hydrogen-bond acceptors (Lipinski definition) is 3. The van der Waals surface area contributed by atoms with Crippen molar-refractivity contribution in [1.82, 2.24) is 25.3 Å².